The number of carbonyl (C=O) groups is 1. The quantitative estimate of drug-likeness (QED) is 0.596. The van der Waals surface area contributed by atoms with Crippen LogP contribution in [0.15, 0.2) is 53.6 Å². The average Bonchev–Trinajstić information content (AvgIpc) is 3.17. The Morgan fingerprint density at radius 1 is 1.21 bits per heavy atom. The van der Waals surface area contributed by atoms with Gasteiger partial charge < -0.3 is 15.8 Å². The van der Waals surface area contributed by atoms with Crippen LogP contribution >= 0.6 is 0 Å². The van der Waals surface area contributed by atoms with Gasteiger partial charge in [0.2, 0.25) is 5.84 Å². The van der Waals surface area contributed by atoms with Gasteiger partial charge in [-0.1, -0.05) is 56.5 Å². The van der Waals surface area contributed by atoms with Crippen molar-refractivity contribution in [1.82, 2.24) is 5.32 Å². The first-order valence-corrected chi connectivity index (χ1v) is 9.95. The minimum atomic E-state index is -0.694. The van der Waals surface area contributed by atoms with Gasteiger partial charge in [-0.3, -0.25) is 4.79 Å². The Morgan fingerprint density at radius 2 is 2.03 bits per heavy atom. The Kier molecular flexibility index (Phi) is 7.19. The number of amides is 1. The lowest BCUT2D eigenvalue weighted by molar-refractivity contribution is -0.112. The summed E-state index contributed by atoms with van der Waals surface area (Å²) in [4.78, 5) is 11.6. The molecular weight excluding hydrogens is 371 g/mol. The Balaban J connectivity index is 1.75. The molecule has 1 aliphatic rings. The van der Waals surface area contributed by atoms with Crippen LogP contribution < -0.4 is 16.1 Å². The van der Waals surface area contributed by atoms with E-state index < -0.39 is 12.1 Å². The number of anilines is 1. The number of hydrogen-bond acceptors (Lipinski definition) is 5. The molecule has 1 heterocycles. The van der Waals surface area contributed by atoms with Gasteiger partial charge in [0.05, 0.1) is 12.3 Å². The number of nitrogens with zero attached hydrogens (tertiary/aromatic N) is 2. The van der Waals surface area contributed by atoms with E-state index in [0.717, 1.165) is 18.6 Å². The van der Waals surface area contributed by atoms with Crippen LogP contribution in [-0.2, 0) is 16.1 Å². The lowest BCUT2D eigenvalue weighted by atomic mass is 10.1. The smallest absolute Gasteiger partial charge is 0.286 e. The van der Waals surface area contributed by atoms with Crippen LogP contribution in [0.1, 0.15) is 49.9 Å². The SMILES string of the molecule is CCCCCCOCc1cccc(N2N=C(C(N)=O)NC2c2ccccc2F)c1. The number of primary amides is 1. The average molecular weight is 398 g/mol. The topological polar surface area (TPSA) is 79.9 Å². The number of hydrogen-bond donors (Lipinski definition) is 2. The number of halogens is 1. The van der Waals surface area contributed by atoms with Crippen molar-refractivity contribution in [3.05, 3.63) is 65.5 Å². The van der Waals surface area contributed by atoms with Crippen molar-refractivity contribution in [2.75, 3.05) is 11.6 Å². The number of carbonyl (C=O) groups excluding carboxylic acids is 1. The van der Waals surface area contributed by atoms with Gasteiger partial charge in [0.15, 0.2) is 6.17 Å². The van der Waals surface area contributed by atoms with Crippen molar-refractivity contribution in [1.29, 1.82) is 0 Å². The van der Waals surface area contributed by atoms with Crippen LogP contribution in [0.5, 0.6) is 0 Å². The highest BCUT2D eigenvalue weighted by molar-refractivity contribution is 6.38. The second-order valence-corrected chi connectivity index (χ2v) is 7.01. The molecule has 0 saturated heterocycles. The molecular formula is C22H27FN4O2. The van der Waals surface area contributed by atoms with E-state index in [1.807, 2.05) is 24.3 Å². The van der Waals surface area contributed by atoms with E-state index in [9.17, 15) is 9.18 Å². The standard InChI is InChI=1S/C22H27FN4O2/c1-2-3-4-7-13-29-15-16-9-8-10-17(14-16)27-22(25-21(26-27)20(24)28)18-11-5-6-12-19(18)23/h5-6,8-12,14,22H,2-4,7,13,15H2,1H3,(H2,24,28)(H,25,26). The molecule has 0 saturated carbocycles. The molecule has 3 N–H and O–H groups in total. The van der Waals surface area contributed by atoms with Crippen LogP contribution in [0.3, 0.4) is 0 Å². The summed E-state index contributed by atoms with van der Waals surface area (Å²) in [6, 6.07) is 14.0. The Bertz CT molecular complexity index is 871. The number of rotatable bonds is 10. The Labute approximate surface area is 170 Å². The zero-order valence-electron chi connectivity index (χ0n) is 16.6. The third-order valence-electron chi connectivity index (χ3n) is 4.75. The van der Waals surface area contributed by atoms with Gasteiger partial charge >= 0.3 is 0 Å². The van der Waals surface area contributed by atoms with Gasteiger partial charge in [-0.25, -0.2) is 9.40 Å². The van der Waals surface area contributed by atoms with E-state index >= 15 is 0 Å². The maximum absolute atomic E-state index is 14.4. The molecule has 0 fully saturated rings. The fraction of sp³-hybridized carbons (Fsp3) is 0.364. The first kappa shape index (κ1) is 20.8. The molecule has 1 amide bonds. The summed E-state index contributed by atoms with van der Waals surface area (Å²) in [5, 5.41) is 8.78. The fourth-order valence-electron chi connectivity index (χ4n) is 3.23. The minimum Gasteiger partial charge on any atom is -0.377 e. The summed E-state index contributed by atoms with van der Waals surface area (Å²) < 4.78 is 20.1. The zero-order chi connectivity index (χ0) is 20.6. The highest BCUT2D eigenvalue weighted by Crippen LogP contribution is 2.31. The van der Waals surface area contributed by atoms with Crippen LogP contribution in [0.25, 0.3) is 0 Å². The van der Waals surface area contributed by atoms with Crippen molar-refractivity contribution < 1.29 is 13.9 Å². The number of nitrogens with two attached hydrogens (primary N) is 1. The van der Waals surface area contributed by atoms with Gasteiger partial charge in [-0.2, -0.15) is 0 Å². The molecule has 29 heavy (non-hydrogen) atoms. The first-order valence-electron chi connectivity index (χ1n) is 9.95. The Morgan fingerprint density at radius 3 is 2.79 bits per heavy atom. The third-order valence-corrected chi connectivity index (χ3v) is 4.75. The summed E-state index contributed by atoms with van der Waals surface area (Å²) >= 11 is 0. The molecule has 3 rings (SSSR count). The van der Waals surface area contributed by atoms with Crippen LogP contribution in [0.2, 0.25) is 0 Å². The van der Waals surface area contributed by atoms with E-state index in [1.165, 1.54) is 25.3 Å². The molecule has 154 valence electrons. The summed E-state index contributed by atoms with van der Waals surface area (Å²) in [5.74, 6) is -1.08. The van der Waals surface area contributed by atoms with E-state index in [2.05, 4.69) is 17.3 Å². The molecule has 1 aliphatic heterocycles. The number of hydrazone groups is 1. The minimum absolute atomic E-state index is 0.00386. The predicted octanol–water partition coefficient (Wildman–Crippen LogP) is 3.83. The molecule has 1 unspecified atom stereocenters. The van der Waals surface area contributed by atoms with Gasteiger partial charge in [0, 0.05) is 12.2 Å². The van der Waals surface area contributed by atoms with Crippen molar-refractivity contribution >= 4 is 17.4 Å². The zero-order valence-corrected chi connectivity index (χ0v) is 16.6. The van der Waals surface area contributed by atoms with Crippen LogP contribution in [0.4, 0.5) is 10.1 Å². The number of unbranched alkanes of at least 4 members (excludes halogenated alkanes) is 3. The summed E-state index contributed by atoms with van der Waals surface area (Å²) in [7, 11) is 0. The van der Waals surface area contributed by atoms with Crippen molar-refractivity contribution in [3.8, 4) is 0 Å². The van der Waals surface area contributed by atoms with Gasteiger partial charge in [-0.05, 0) is 30.2 Å². The molecule has 6 nitrogen and oxygen atoms in total. The van der Waals surface area contributed by atoms with E-state index in [-0.39, 0.29) is 11.7 Å². The lowest BCUT2D eigenvalue weighted by Crippen LogP contribution is -2.36. The first-order chi connectivity index (χ1) is 14.1. The number of nitrogens with one attached hydrogen (secondary N) is 1. The second kappa shape index (κ2) is 10.0. The van der Waals surface area contributed by atoms with Crippen molar-refractivity contribution in [3.63, 3.8) is 0 Å². The summed E-state index contributed by atoms with van der Waals surface area (Å²) in [5.41, 5.74) is 7.47. The summed E-state index contributed by atoms with van der Waals surface area (Å²) in [6.45, 7) is 3.38. The van der Waals surface area contributed by atoms with E-state index in [0.29, 0.717) is 17.9 Å². The molecule has 0 bridgehead atoms. The highest BCUT2D eigenvalue weighted by atomic mass is 19.1. The largest absolute Gasteiger partial charge is 0.377 e. The van der Waals surface area contributed by atoms with Gasteiger partial charge in [0.25, 0.3) is 5.91 Å². The fourth-order valence-corrected chi connectivity index (χ4v) is 3.23. The van der Waals surface area contributed by atoms with Gasteiger partial charge in [-0.15, -0.1) is 5.10 Å². The number of amidine groups is 1. The third kappa shape index (κ3) is 5.32. The Hall–Kier alpha value is -2.93. The van der Waals surface area contributed by atoms with E-state index in [4.69, 9.17) is 10.5 Å². The normalized spacial score (nSPS) is 15.9. The summed E-state index contributed by atoms with van der Waals surface area (Å²) in [6.07, 6.45) is 3.97. The molecule has 2 aromatic rings. The maximum Gasteiger partial charge on any atom is 0.286 e. The van der Waals surface area contributed by atoms with Crippen LogP contribution in [-0.4, -0.2) is 18.3 Å². The highest BCUT2D eigenvalue weighted by Gasteiger charge is 2.32. The molecule has 0 aliphatic carbocycles. The molecule has 2 aromatic carbocycles. The number of benzene rings is 2. The molecule has 0 spiro atoms. The second-order valence-electron chi connectivity index (χ2n) is 7.01. The van der Waals surface area contributed by atoms with Crippen molar-refractivity contribution in [2.45, 2.75) is 45.4 Å². The molecule has 0 radical (unpaired) electrons. The maximum atomic E-state index is 14.4. The van der Waals surface area contributed by atoms with Gasteiger partial charge in [0.1, 0.15) is 5.82 Å². The molecule has 1 atom stereocenters. The van der Waals surface area contributed by atoms with Crippen molar-refractivity contribution in [2.24, 2.45) is 10.8 Å². The molecule has 7 heteroatoms. The number of ether oxygens (including phenoxy) is 1. The monoisotopic (exact) mass is 398 g/mol. The molecule has 0 aromatic heterocycles. The lowest BCUT2D eigenvalue weighted by Gasteiger charge is -2.24. The van der Waals surface area contributed by atoms with E-state index in [1.54, 1.807) is 23.2 Å². The predicted molar refractivity (Wildman–Crippen MR) is 112 cm³/mol. The van der Waals surface area contributed by atoms with Crippen LogP contribution in [0, 0.1) is 5.82 Å².